The van der Waals surface area contributed by atoms with Crippen molar-refractivity contribution in [3.05, 3.63) is 54.2 Å². The lowest BCUT2D eigenvalue weighted by molar-refractivity contribution is 0.475. The van der Waals surface area contributed by atoms with Crippen molar-refractivity contribution in [1.82, 2.24) is 10.3 Å². The van der Waals surface area contributed by atoms with Crippen LogP contribution < -0.4 is 5.32 Å². The molecule has 1 aromatic carbocycles. The minimum atomic E-state index is 0.619. The van der Waals surface area contributed by atoms with E-state index < -0.39 is 0 Å². The van der Waals surface area contributed by atoms with Gasteiger partial charge in [-0.2, -0.15) is 0 Å². The molecule has 1 heterocycles. The molecule has 0 saturated carbocycles. The molecule has 2 nitrogen and oxygen atoms in total. The third-order valence-electron chi connectivity index (χ3n) is 3.57. The highest BCUT2D eigenvalue weighted by Gasteiger charge is 2.09. The average molecular weight is 238 g/mol. The fraction of sp³-hybridized carbons (Fsp3) is 0.312. The first kappa shape index (κ1) is 11.4. The van der Waals surface area contributed by atoms with Gasteiger partial charge < -0.3 is 5.32 Å². The normalized spacial score (nSPS) is 19.2. The highest BCUT2D eigenvalue weighted by atomic mass is 14.9. The number of para-hydroxylation sites is 1. The topological polar surface area (TPSA) is 24.9 Å². The van der Waals surface area contributed by atoms with Crippen LogP contribution in [-0.4, -0.2) is 11.0 Å². The summed E-state index contributed by atoms with van der Waals surface area (Å²) < 4.78 is 0. The highest BCUT2D eigenvalue weighted by molar-refractivity contribution is 5.81. The Balaban J connectivity index is 1.76. The number of pyridine rings is 1. The number of rotatable bonds is 3. The van der Waals surface area contributed by atoms with Crippen molar-refractivity contribution in [1.29, 1.82) is 0 Å². The van der Waals surface area contributed by atoms with E-state index in [1.54, 1.807) is 0 Å². The predicted octanol–water partition coefficient (Wildman–Crippen LogP) is 3.43. The van der Waals surface area contributed by atoms with Gasteiger partial charge in [0.25, 0.3) is 0 Å². The van der Waals surface area contributed by atoms with Gasteiger partial charge in [0.1, 0.15) is 0 Å². The van der Waals surface area contributed by atoms with Crippen molar-refractivity contribution in [3.8, 4) is 0 Å². The zero-order valence-electron chi connectivity index (χ0n) is 10.5. The van der Waals surface area contributed by atoms with E-state index in [1.165, 1.54) is 23.8 Å². The van der Waals surface area contributed by atoms with Crippen molar-refractivity contribution >= 4 is 10.9 Å². The molecule has 1 aromatic heterocycles. The fourth-order valence-electron chi connectivity index (χ4n) is 2.54. The summed E-state index contributed by atoms with van der Waals surface area (Å²) in [5.74, 6) is 0. The molecule has 0 saturated heterocycles. The SMILES string of the molecule is C1=CCC(NCc2cccc3cccnc23)CC1. The Morgan fingerprint density at radius 1 is 1.17 bits per heavy atom. The lowest BCUT2D eigenvalue weighted by atomic mass is 10.0. The van der Waals surface area contributed by atoms with Crippen LogP contribution in [-0.2, 0) is 6.54 Å². The number of allylic oxidation sites excluding steroid dienone is 1. The van der Waals surface area contributed by atoms with Crippen LogP contribution in [0.15, 0.2) is 48.7 Å². The van der Waals surface area contributed by atoms with E-state index in [-0.39, 0.29) is 0 Å². The van der Waals surface area contributed by atoms with Gasteiger partial charge in [0.15, 0.2) is 0 Å². The number of hydrogen-bond donors (Lipinski definition) is 1. The largest absolute Gasteiger partial charge is 0.310 e. The summed E-state index contributed by atoms with van der Waals surface area (Å²) in [6.07, 6.45) is 10.0. The molecule has 18 heavy (non-hydrogen) atoms. The summed E-state index contributed by atoms with van der Waals surface area (Å²) in [5.41, 5.74) is 2.42. The number of hydrogen-bond acceptors (Lipinski definition) is 2. The maximum atomic E-state index is 4.49. The molecule has 1 atom stereocenters. The van der Waals surface area contributed by atoms with Gasteiger partial charge >= 0.3 is 0 Å². The van der Waals surface area contributed by atoms with Crippen molar-refractivity contribution < 1.29 is 0 Å². The van der Waals surface area contributed by atoms with E-state index in [4.69, 9.17) is 0 Å². The zero-order chi connectivity index (χ0) is 12.2. The third kappa shape index (κ3) is 2.44. The second-order valence-electron chi connectivity index (χ2n) is 4.85. The molecule has 0 amide bonds. The minimum absolute atomic E-state index is 0.619. The van der Waals surface area contributed by atoms with Gasteiger partial charge in [-0.25, -0.2) is 0 Å². The molecule has 0 aliphatic heterocycles. The summed E-state index contributed by atoms with van der Waals surface area (Å²) >= 11 is 0. The Morgan fingerprint density at radius 3 is 3.00 bits per heavy atom. The molecule has 1 N–H and O–H groups in total. The summed E-state index contributed by atoms with van der Waals surface area (Å²) in [6.45, 7) is 0.910. The first-order valence-electron chi connectivity index (χ1n) is 6.64. The van der Waals surface area contributed by atoms with E-state index in [2.05, 4.69) is 46.7 Å². The molecule has 3 rings (SSSR count). The molecule has 0 bridgehead atoms. The van der Waals surface area contributed by atoms with Crippen molar-refractivity contribution in [2.45, 2.75) is 31.8 Å². The Bertz CT molecular complexity index is 555. The fourth-order valence-corrected chi connectivity index (χ4v) is 2.54. The van der Waals surface area contributed by atoms with Gasteiger partial charge in [0, 0.05) is 24.2 Å². The second-order valence-corrected chi connectivity index (χ2v) is 4.85. The molecule has 1 aliphatic rings. The van der Waals surface area contributed by atoms with Crippen LogP contribution >= 0.6 is 0 Å². The molecule has 0 radical (unpaired) electrons. The second kappa shape index (κ2) is 5.32. The standard InChI is InChI=1S/C16H18N2/c1-2-9-15(10-3-1)18-12-14-7-4-6-13-8-5-11-17-16(13)14/h1-2,4-8,11,15,18H,3,9-10,12H2. The zero-order valence-corrected chi connectivity index (χ0v) is 10.5. The van der Waals surface area contributed by atoms with E-state index >= 15 is 0 Å². The Morgan fingerprint density at radius 2 is 2.11 bits per heavy atom. The van der Waals surface area contributed by atoms with Crippen LogP contribution in [0.5, 0.6) is 0 Å². The number of nitrogens with one attached hydrogen (secondary N) is 1. The van der Waals surface area contributed by atoms with E-state index in [0.29, 0.717) is 6.04 Å². The first-order valence-corrected chi connectivity index (χ1v) is 6.64. The van der Waals surface area contributed by atoms with Crippen LogP contribution in [0.2, 0.25) is 0 Å². The molecule has 1 unspecified atom stereocenters. The molecule has 92 valence electrons. The van der Waals surface area contributed by atoms with Crippen molar-refractivity contribution in [2.24, 2.45) is 0 Å². The van der Waals surface area contributed by atoms with Gasteiger partial charge in [0.05, 0.1) is 5.52 Å². The first-order chi connectivity index (χ1) is 8.93. The maximum Gasteiger partial charge on any atom is 0.0746 e. The number of fused-ring (bicyclic) bond motifs is 1. The van der Waals surface area contributed by atoms with Gasteiger partial charge in [-0.05, 0) is 30.9 Å². The van der Waals surface area contributed by atoms with Crippen LogP contribution in [0.3, 0.4) is 0 Å². The Hall–Kier alpha value is -1.67. The molecule has 0 fully saturated rings. The van der Waals surface area contributed by atoms with Crippen LogP contribution in [0.4, 0.5) is 0 Å². The molecular formula is C16H18N2. The van der Waals surface area contributed by atoms with Gasteiger partial charge in [-0.1, -0.05) is 36.4 Å². The molecule has 0 spiro atoms. The van der Waals surface area contributed by atoms with E-state index in [1.807, 2.05) is 12.3 Å². The summed E-state index contributed by atoms with van der Waals surface area (Å²) in [7, 11) is 0. The number of aromatic nitrogens is 1. The molecule has 2 heteroatoms. The predicted molar refractivity (Wildman–Crippen MR) is 75.4 cm³/mol. The van der Waals surface area contributed by atoms with E-state index in [0.717, 1.165) is 18.5 Å². The summed E-state index contributed by atoms with van der Waals surface area (Å²) in [4.78, 5) is 4.49. The number of nitrogens with zero attached hydrogens (tertiary/aromatic N) is 1. The maximum absolute atomic E-state index is 4.49. The van der Waals surface area contributed by atoms with E-state index in [9.17, 15) is 0 Å². The number of benzene rings is 1. The quantitative estimate of drug-likeness (QED) is 0.829. The minimum Gasteiger partial charge on any atom is -0.310 e. The third-order valence-corrected chi connectivity index (χ3v) is 3.57. The lowest BCUT2D eigenvalue weighted by Gasteiger charge is -2.19. The van der Waals surface area contributed by atoms with Crippen LogP contribution in [0.1, 0.15) is 24.8 Å². The molecule has 1 aliphatic carbocycles. The summed E-state index contributed by atoms with van der Waals surface area (Å²) in [5, 5.41) is 4.86. The van der Waals surface area contributed by atoms with Crippen LogP contribution in [0, 0.1) is 0 Å². The average Bonchev–Trinajstić information content (AvgIpc) is 2.46. The lowest BCUT2D eigenvalue weighted by Crippen LogP contribution is -2.29. The van der Waals surface area contributed by atoms with Gasteiger partial charge in [0.2, 0.25) is 0 Å². The molecular weight excluding hydrogens is 220 g/mol. The summed E-state index contributed by atoms with van der Waals surface area (Å²) in [6, 6.07) is 11.1. The van der Waals surface area contributed by atoms with Crippen molar-refractivity contribution in [2.75, 3.05) is 0 Å². The Labute approximate surface area is 108 Å². The smallest absolute Gasteiger partial charge is 0.0746 e. The monoisotopic (exact) mass is 238 g/mol. The highest BCUT2D eigenvalue weighted by Crippen LogP contribution is 2.17. The van der Waals surface area contributed by atoms with Crippen LogP contribution in [0.25, 0.3) is 10.9 Å². The Kier molecular flexibility index (Phi) is 3.37. The molecule has 2 aromatic rings. The van der Waals surface area contributed by atoms with Crippen molar-refractivity contribution in [3.63, 3.8) is 0 Å². The van der Waals surface area contributed by atoms with Gasteiger partial charge in [-0.3, -0.25) is 4.98 Å². The van der Waals surface area contributed by atoms with Gasteiger partial charge in [-0.15, -0.1) is 0 Å².